The van der Waals surface area contributed by atoms with Crippen LogP contribution in [0.5, 0.6) is 5.75 Å². The van der Waals surface area contributed by atoms with Gasteiger partial charge >= 0.3 is 0 Å². The van der Waals surface area contributed by atoms with Gasteiger partial charge in [0.05, 0.1) is 23.1 Å². The fraction of sp³-hybridized carbons (Fsp3) is 0.348. The summed E-state index contributed by atoms with van der Waals surface area (Å²) >= 11 is 0. The molecule has 0 amide bonds. The lowest BCUT2D eigenvalue weighted by atomic mass is 10.1. The molecule has 2 aromatic carbocycles. The predicted octanol–water partition coefficient (Wildman–Crippen LogP) is 4.18. The molecule has 0 radical (unpaired) electrons. The molecule has 2 heterocycles. The average molecular weight is 412 g/mol. The Morgan fingerprint density at radius 3 is 2.31 bits per heavy atom. The highest BCUT2D eigenvalue weighted by Crippen LogP contribution is 2.37. The molecule has 0 spiro atoms. The number of ether oxygens (including phenoxy) is 1. The molecule has 1 aliphatic rings. The third-order valence-corrected chi connectivity index (χ3v) is 7.40. The van der Waals surface area contributed by atoms with Gasteiger partial charge in [-0.2, -0.15) is 0 Å². The van der Waals surface area contributed by atoms with Crippen LogP contribution in [-0.4, -0.2) is 28.6 Å². The molecule has 0 bridgehead atoms. The van der Waals surface area contributed by atoms with Gasteiger partial charge in [-0.3, -0.25) is 0 Å². The third kappa shape index (κ3) is 3.81. The average Bonchev–Trinajstić information content (AvgIpc) is 3.02. The summed E-state index contributed by atoms with van der Waals surface area (Å²) in [7, 11) is -2.04. The minimum atomic E-state index is -3.67. The SMILES string of the molecule is COc1ccc2[nH+]cc(S(=O)(=O)c3ccc(C)cc3)c(N3CCCCCC3)c2c1. The maximum atomic E-state index is 13.6. The minimum Gasteiger partial charge on any atom is -0.497 e. The molecular formula is C23H27N2O3S+. The first kappa shape index (κ1) is 19.7. The fourth-order valence-electron chi connectivity index (χ4n) is 3.99. The number of aryl methyl sites for hydroxylation is 1. The summed E-state index contributed by atoms with van der Waals surface area (Å²) in [5, 5.41) is 0.874. The molecule has 1 N–H and O–H groups in total. The van der Waals surface area contributed by atoms with Crippen molar-refractivity contribution in [1.29, 1.82) is 0 Å². The van der Waals surface area contributed by atoms with E-state index >= 15 is 0 Å². The van der Waals surface area contributed by atoms with Gasteiger partial charge in [-0.1, -0.05) is 30.5 Å². The van der Waals surface area contributed by atoms with E-state index < -0.39 is 9.84 Å². The maximum Gasteiger partial charge on any atom is 0.214 e. The van der Waals surface area contributed by atoms with E-state index in [2.05, 4.69) is 9.88 Å². The number of methoxy groups -OCH3 is 1. The van der Waals surface area contributed by atoms with E-state index in [0.29, 0.717) is 15.5 Å². The van der Waals surface area contributed by atoms with Crippen molar-refractivity contribution in [2.45, 2.75) is 42.4 Å². The minimum absolute atomic E-state index is 0.315. The van der Waals surface area contributed by atoms with Gasteiger partial charge in [-0.15, -0.1) is 0 Å². The van der Waals surface area contributed by atoms with Crippen LogP contribution in [0.15, 0.2) is 58.5 Å². The number of H-pyrrole nitrogens is 1. The van der Waals surface area contributed by atoms with E-state index in [-0.39, 0.29) is 0 Å². The van der Waals surface area contributed by atoms with E-state index in [9.17, 15) is 8.42 Å². The number of anilines is 1. The highest BCUT2D eigenvalue weighted by molar-refractivity contribution is 7.91. The summed E-state index contributed by atoms with van der Waals surface area (Å²) < 4.78 is 32.7. The van der Waals surface area contributed by atoms with Gasteiger partial charge in [0.1, 0.15) is 5.75 Å². The molecule has 152 valence electrons. The Bertz CT molecular complexity index is 1120. The second-order valence-corrected chi connectivity index (χ2v) is 9.55. The van der Waals surface area contributed by atoms with E-state index in [1.165, 1.54) is 12.8 Å². The monoisotopic (exact) mass is 411 g/mol. The van der Waals surface area contributed by atoms with Crippen LogP contribution in [0.4, 0.5) is 5.69 Å². The second kappa shape index (κ2) is 8.03. The summed E-state index contributed by atoms with van der Waals surface area (Å²) in [4.78, 5) is 6.07. The number of hydrogen-bond acceptors (Lipinski definition) is 4. The van der Waals surface area contributed by atoms with Crippen molar-refractivity contribution in [3.05, 3.63) is 54.2 Å². The van der Waals surface area contributed by atoms with Gasteiger partial charge in [0.15, 0.2) is 11.1 Å². The van der Waals surface area contributed by atoms with Crippen LogP contribution < -0.4 is 14.6 Å². The van der Waals surface area contributed by atoms with Crippen molar-refractivity contribution in [2.24, 2.45) is 0 Å². The number of sulfone groups is 1. The van der Waals surface area contributed by atoms with Crippen LogP contribution in [0.3, 0.4) is 0 Å². The lowest BCUT2D eigenvalue weighted by Crippen LogP contribution is -2.27. The van der Waals surface area contributed by atoms with Crippen molar-refractivity contribution in [3.63, 3.8) is 0 Å². The molecule has 5 nitrogen and oxygen atoms in total. The lowest BCUT2D eigenvalue weighted by molar-refractivity contribution is -0.347. The van der Waals surface area contributed by atoms with Crippen LogP contribution in [0.1, 0.15) is 31.2 Å². The number of hydrogen-bond donors (Lipinski definition) is 0. The van der Waals surface area contributed by atoms with E-state index in [4.69, 9.17) is 4.74 Å². The number of pyridine rings is 1. The number of nitrogens with one attached hydrogen (secondary N) is 1. The number of nitrogens with zero attached hydrogens (tertiary/aromatic N) is 1. The molecule has 1 saturated heterocycles. The highest BCUT2D eigenvalue weighted by atomic mass is 32.2. The van der Waals surface area contributed by atoms with Crippen LogP contribution in [-0.2, 0) is 9.84 Å². The van der Waals surface area contributed by atoms with Crippen molar-refractivity contribution >= 4 is 26.4 Å². The number of benzene rings is 2. The molecule has 0 unspecified atom stereocenters. The summed E-state index contributed by atoms with van der Waals surface area (Å²) in [6.07, 6.45) is 6.12. The van der Waals surface area contributed by atoms with E-state index in [1.54, 1.807) is 25.4 Å². The van der Waals surface area contributed by atoms with Gasteiger partial charge in [0, 0.05) is 19.2 Å². The van der Waals surface area contributed by atoms with E-state index in [1.807, 2.05) is 37.3 Å². The van der Waals surface area contributed by atoms with Gasteiger partial charge < -0.3 is 9.64 Å². The Morgan fingerprint density at radius 1 is 0.966 bits per heavy atom. The first-order valence-electron chi connectivity index (χ1n) is 10.1. The summed E-state index contributed by atoms with van der Waals surface area (Å²) in [5.41, 5.74) is 2.71. The number of rotatable bonds is 4. The third-order valence-electron chi connectivity index (χ3n) is 5.62. The van der Waals surface area contributed by atoms with Crippen molar-refractivity contribution in [1.82, 2.24) is 0 Å². The van der Waals surface area contributed by atoms with Gasteiger partial charge in [0.25, 0.3) is 0 Å². The zero-order valence-electron chi connectivity index (χ0n) is 16.9. The van der Waals surface area contributed by atoms with Crippen LogP contribution in [0, 0.1) is 6.92 Å². The molecule has 3 aromatic rings. The fourth-order valence-corrected chi connectivity index (χ4v) is 5.44. The number of aromatic nitrogens is 1. The molecule has 29 heavy (non-hydrogen) atoms. The first-order valence-corrected chi connectivity index (χ1v) is 11.6. The molecule has 0 aliphatic carbocycles. The quantitative estimate of drug-likeness (QED) is 0.646. The molecule has 0 atom stereocenters. The Morgan fingerprint density at radius 2 is 1.66 bits per heavy atom. The van der Waals surface area contributed by atoms with Crippen LogP contribution in [0.25, 0.3) is 10.9 Å². The van der Waals surface area contributed by atoms with Gasteiger partial charge in [-0.25, -0.2) is 13.4 Å². The van der Waals surface area contributed by atoms with Crippen LogP contribution in [0.2, 0.25) is 0 Å². The van der Waals surface area contributed by atoms with Crippen molar-refractivity contribution in [3.8, 4) is 5.75 Å². The summed E-state index contributed by atoms with van der Waals surface area (Å²) in [6.45, 7) is 3.66. The number of fused-ring (bicyclic) bond motifs is 1. The predicted molar refractivity (Wildman–Crippen MR) is 114 cm³/mol. The highest BCUT2D eigenvalue weighted by Gasteiger charge is 2.30. The normalized spacial score (nSPS) is 15.3. The zero-order valence-corrected chi connectivity index (χ0v) is 17.8. The molecule has 6 heteroatoms. The number of aromatic amines is 1. The van der Waals surface area contributed by atoms with E-state index in [0.717, 1.165) is 48.1 Å². The molecular weight excluding hydrogens is 384 g/mol. The molecule has 1 aromatic heterocycles. The lowest BCUT2D eigenvalue weighted by Gasteiger charge is -2.25. The zero-order chi connectivity index (χ0) is 20.4. The topological polar surface area (TPSA) is 60.8 Å². The first-order chi connectivity index (χ1) is 14.0. The molecule has 1 aliphatic heterocycles. The Labute approximate surface area is 172 Å². The second-order valence-electron chi connectivity index (χ2n) is 7.63. The molecule has 0 saturated carbocycles. The van der Waals surface area contributed by atoms with Crippen LogP contribution >= 0.6 is 0 Å². The Balaban J connectivity index is 1.97. The summed E-state index contributed by atoms with van der Waals surface area (Å²) in [5.74, 6) is 0.715. The van der Waals surface area contributed by atoms with Gasteiger partial charge in [-0.05, 0) is 44.0 Å². The largest absolute Gasteiger partial charge is 0.497 e. The van der Waals surface area contributed by atoms with Crippen molar-refractivity contribution in [2.75, 3.05) is 25.1 Å². The standard InChI is InChI=1S/C23H26N2O3S/c1-17-7-10-19(11-8-17)29(26,27)22-16-24-21-12-9-18(28-2)15-20(21)23(22)25-13-5-3-4-6-14-25/h7-12,15-16H,3-6,13-14H2,1-2H3/p+1. The molecule has 1 fully saturated rings. The Kier molecular flexibility index (Phi) is 5.46. The smallest absolute Gasteiger partial charge is 0.214 e. The van der Waals surface area contributed by atoms with Gasteiger partial charge in [0.2, 0.25) is 15.4 Å². The molecule has 4 rings (SSSR count). The summed E-state index contributed by atoms with van der Waals surface area (Å²) in [6, 6.07) is 12.8. The Hall–Kier alpha value is -2.60. The van der Waals surface area contributed by atoms with Crippen molar-refractivity contribution < 1.29 is 18.1 Å². The maximum absolute atomic E-state index is 13.6.